The van der Waals surface area contributed by atoms with Gasteiger partial charge in [0, 0.05) is 18.5 Å². The second-order valence-corrected chi connectivity index (χ2v) is 14.1. The molecule has 2 aliphatic heterocycles. The Labute approximate surface area is 264 Å². The molecule has 242 valence electrons. The summed E-state index contributed by atoms with van der Waals surface area (Å²) in [4.78, 5) is 42.3. The summed E-state index contributed by atoms with van der Waals surface area (Å²) in [5.74, 6) is -0.628. The predicted molar refractivity (Wildman–Crippen MR) is 169 cm³/mol. The quantitative estimate of drug-likeness (QED) is 0.307. The average Bonchev–Trinajstić information content (AvgIpc) is 3.65. The van der Waals surface area contributed by atoms with Crippen molar-refractivity contribution >= 4 is 38.6 Å². The van der Waals surface area contributed by atoms with Crippen LogP contribution in [-0.4, -0.2) is 86.6 Å². The van der Waals surface area contributed by atoms with Crippen LogP contribution in [0, 0.1) is 5.92 Å². The van der Waals surface area contributed by atoms with Crippen molar-refractivity contribution in [3.05, 3.63) is 60.4 Å². The van der Waals surface area contributed by atoms with Gasteiger partial charge in [0.2, 0.25) is 15.9 Å². The van der Waals surface area contributed by atoms with Crippen molar-refractivity contribution in [1.82, 2.24) is 19.8 Å². The van der Waals surface area contributed by atoms with Gasteiger partial charge < -0.3 is 19.8 Å². The number of carbonyl (C=O) groups excluding carboxylic acids is 3. The molecule has 3 aromatic rings. The van der Waals surface area contributed by atoms with Crippen molar-refractivity contribution in [3.63, 3.8) is 0 Å². The highest BCUT2D eigenvalue weighted by molar-refractivity contribution is 7.89. The SMILES string of the molecule is CC(C)C[C@H](NC(=O)c1cc2cc(OCCN3CCCC3)ccc2o1)C(=O)NC1CCCN(S(=O)(=O)c2ccccc2)CC1=O. The number of amides is 2. The molecule has 3 heterocycles. The van der Waals surface area contributed by atoms with Gasteiger partial charge >= 0.3 is 0 Å². The van der Waals surface area contributed by atoms with Crippen LogP contribution < -0.4 is 15.4 Å². The maximum Gasteiger partial charge on any atom is 0.287 e. The fourth-order valence-electron chi connectivity index (χ4n) is 5.82. The standard InChI is InChI=1S/C33H42N4O7S/c1-23(2)19-28(32(39)34-27-11-8-16-37(22-29(27)38)45(41,42)26-9-4-3-5-10-26)35-33(40)31-21-24-20-25(12-13-30(24)44-31)43-18-17-36-14-6-7-15-36/h3-5,9-10,12-13,20-21,23,27-28H,6-8,11,14-19,22H2,1-2H3,(H,34,39)(H,35,40)/t27?,28-/m0/s1. The van der Waals surface area contributed by atoms with E-state index in [2.05, 4.69) is 15.5 Å². The van der Waals surface area contributed by atoms with E-state index in [4.69, 9.17) is 9.15 Å². The Bertz CT molecular complexity index is 1600. The smallest absolute Gasteiger partial charge is 0.287 e. The third-order valence-electron chi connectivity index (χ3n) is 8.23. The number of benzene rings is 2. The molecule has 2 saturated heterocycles. The van der Waals surface area contributed by atoms with Crippen LogP contribution in [0.2, 0.25) is 0 Å². The first-order chi connectivity index (χ1) is 21.6. The molecule has 0 bridgehead atoms. The van der Waals surface area contributed by atoms with E-state index in [1.54, 1.807) is 30.3 Å². The van der Waals surface area contributed by atoms with E-state index >= 15 is 0 Å². The number of fused-ring (bicyclic) bond motifs is 1. The highest BCUT2D eigenvalue weighted by Crippen LogP contribution is 2.25. The predicted octanol–water partition coefficient (Wildman–Crippen LogP) is 3.59. The highest BCUT2D eigenvalue weighted by atomic mass is 32.2. The van der Waals surface area contributed by atoms with Crippen molar-refractivity contribution in [3.8, 4) is 5.75 Å². The molecular weight excluding hydrogens is 596 g/mol. The minimum atomic E-state index is -3.85. The zero-order chi connectivity index (χ0) is 32.0. The number of ketones is 1. The Hall–Kier alpha value is -3.74. The zero-order valence-corrected chi connectivity index (χ0v) is 26.7. The normalized spacial score (nSPS) is 19.0. The molecule has 1 aromatic heterocycles. The van der Waals surface area contributed by atoms with E-state index in [0.29, 0.717) is 42.6 Å². The van der Waals surface area contributed by atoms with Gasteiger partial charge in [0.05, 0.1) is 17.5 Å². The van der Waals surface area contributed by atoms with E-state index in [1.165, 1.54) is 25.0 Å². The van der Waals surface area contributed by atoms with Crippen LogP contribution in [0.5, 0.6) is 5.75 Å². The average molecular weight is 639 g/mol. The van der Waals surface area contributed by atoms with Crippen molar-refractivity contribution in [2.45, 2.75) is 62.9 Å². The van der Waals surface area contributed by atoms with Crippen LogP contribution in [-0.2, 0) is 19.6 Å². The van der Waals surface area contributed by atoms with E-state index in [1.807, 2.05) is 26.0 Å². The van der Waals surface area contributed by atoms with E-state index in [-0.39, 0.29) is 29.7 Å². The number of rotatable bonds is 12. The Balaban J connectivity index is 1.20. The van der Waals surface area contributed by atoms with Gasteiger partial charge in [0.25, 0.3) is 5.91 Å². The lowest BCUT2D eigenvalue weighted by molar-refractivity contribution is -0.129. The van der Waals surface area contributed by atoms with Crippen molar-refractivity contribution < 1.29 is 32.0 Å². The summed E-state index contributed by atoms with van der Waals surface area (Å²) in [6.45, 7) is 7.34. The monoisotopic (exact) mass is 638 g/mol. The lowest BCUT2D eigenvalue weighted by Gasteiger charge is -2.23. The molecule has 11 nitrogen and oxygen atoms in total. The second-order valence-electron chi connectivity index (χ2n) is 12.2. The molecule has 0 spiro atoms. The minimum Gasteiger partial charge on any atom is -0.492 e. The largest absolute Gasteiger partial charge is 0.492 e. The summed E-state index contributed by atoms with van der Waals surface area (Å²) in [5.41, 5.74) is 0.524. The van der Waals surface area contributed by atoms with Gasteiger partial charge in [-0.3, -0.25) is 19.3 Å². The zero-order valence-electron chi connectivity index (χ0n) is 25.9. The summed E-state index contributed by atoms with van der Waals surface area (Å²) < 4.78 is 39.1. The molecule has 1 unspecified atom stereocenters. The molecule has 45 heavy (non-hydrogen) atoms. The van der Waals surface area contributed by atoms with Gasteiger partial charge in [-0.2, -0.15) is 4.31 Å². The molecule has 2 aromatic carbocycles. The molecule has 0 aliphatic carbocycles. The Kier molecular flexibility index (Phi) is 10.6. The molecular formula is C33H42N4O7S. The van der Waals surface area contributed by atoms with Gasteiger partial charge in [-0.25, -0.2) is 8.42 Å². The van der Waals surface area contributed by atoms with Gasteiger partial charge in [-0.1, -0.05) is 32.0 Å². The highest BCUT2D eigenvalue weighted by Gasteiger charge is 2.34. The molecule has 2 atom stereocenters. The maximum absolute atomic E-state index is 13.4. The van der Waals surface area contributed by atoms with Gasteiger partial charge in [0.1, 0.15) is 24.0 Å². The minimum absolute atomic E-state index is 0.0630. The van der Waals surface area contributed by atoms with E-state index < -0.39 is 39.7 Å². The number of likely N-dealkylation sites (tertiary alicyclic amines) is 1. The molecule has 5 rings (SSSR count). The first kappa shape index (κ1) is 32.6. The third kappa shape index (κ3) is 8.30. The van der Waals surface area contributed by atoms with Crippen LogP contribution in [0.4, 0.5) is 0 Å². The molecule has 2 amide bonds. The lowest BCUT2D eigenvalue weighted by Crippen LogP contribution is -2.52. The summed E-state index contributed by atoms with van der Waals surface area (Å²) in [6.07, 6.45) is 3.48. The number of nitrogens with one attached hydrogen (secondary N) is 2. The van der Waals surface area contributed by atoms with Crippen LogP contribution in [0.3, 0.4) is 0 Å². The Morgan fingerprint density at radius 3 is 2.51 bits per heavy atom. The molecule has 2 N–H and O–H groups in total. The van der Waals surface area contributed by atoms with E-state index in [0.717, 1.165) is 23.9 Å². The first-order valence-corrected chi connectivity index (χ1v) is 17.1. The van der Waals surface area contributed by atoms with Crippen LogP contribution in [0.15, 0.2) is 63.9 Å². The summed E-state index contributed by atoms with van der Waals surface area (Å²) in [5, 5.41) is 6.27. The topological polar surface area (TPSA) is 138 Å². The Morgan fingerprint density at radius 2 is 1.78 bits per heavy atom. The number of Topliss-reactive ketones (excluding diaryl/α,β-unsaturated/α-hetero) is 1. The number of hydrogen-bond donors (Lipinski definition) is 2. The molecule has 0 radical (unpaired) electrons. The molecule has 12 heteroatoms. The van der Waals surface area contributed by atoms with Crippen LogP contribution in [0.25, 0.3) is 11.0 Å². The summed E-state index contributed by atoms with van der Waals surface area (Å²) >= 11 is 0. The first-order valence-electron chi connectivity index (χ1n) is 15.7. The molecule has 2 aliphatic rings. The van der Waals surface area contributed by atoms with Crippen LogP contribution >= 0.6 is 0 Å². The van der Waals surface area contributed by atoms with Crippen molar-refractivity contribution in [1.29, 1.82) is 0 Å². The summed E-state index contributed by atoms with van der Waals surface area (Å²) in [7, 11) is -3.85. The number of hydrogen-bond acceptors (Lipinski definition) is 8. The van der Waals surface area contributed by atoms with Crippen molar-refractivity contribution in [2.24, 2.45) is 5.92 Å². The second kappa shape index (κ2) is 14.6. The fourth-order valence-corrected chi connectivity index (χ4v) is 7.29. The lowest BCUT2D eigenvalue weighted by atomic mass is 10.0. The van der Waals surface area contributed by atoms with Crippen molar-refractivity contribution in [2.75, 3.05) is 39.3 Å². The van der Waals surface area contributed by atoms with Gasteiger partial charge in [0.15, 0.2) is 11.5 Å². The van der Waals surface area contributed by atoms with E-state index in [9.17, 15) is 22.8 Å². The molecule has 2 fully saturated rings. The Morgan fingerprint density at radius 1 is 1.02 bits per heavy atom. The molecule has 0 saturated carbocycles. The number of carbonyl (C=O) groups is 3. The summed E-state index contributed by atoms with van der Waals surface area (Å²) in [6, 6.07) is 13.2. The van der Waals surface area contributed by atoms with Gasteiger partial charge in [-0.15, -0.1) is 0 Å². The number of ether oxygens (including phenoxy) is 1. The van der Waals surface area contributed by atoms with Gasteiger partial charge in [-0.05, 0) is 87.5 Å². The number of nitrogens with zero attached hydrogens (tertiary/aromatic N) is 2. The number of sulfonamides is 1. The fraction of sp³-hybridized carbons (Fsp3) is 0.485. The maximum atomic E-state index is 13.4. The number of furan rings is 1. The third-order valence-corrected chi connectivity index (χ3v) is 10.1. The van der Waals surface area contributed by atoms with Crippen LogP contribution in [0.1, 0.15) is 56.5 Å².